The molecular formula is C26H32N2O7S. The van der Waals surface area contributed by atoms with Crippen LogP contribution in [0.5, 0.6) is 11.5 Å². The number of nitrogens with one attached hydrogen (secondary N) is 1. The van der Waals surface area contributed by atoms with E-state index in [2.05, 4.69) is 5.32 Å². The Balaban J connectivity index is 2.18. The zero-order chi connectivity index (χ0) is 26.6. The van der Waals surface area contributed by atoms with Crippen molar-refractivity contribution in [3.8, 4) is 11.5 Å². The zero-order valence-electron chi connectivity index (χ0n) is 21.2. The molecule has 3 amide bonds. The Morgan fingerprint density at radius 1 is 1.03 bits per heavy atom. The van der Waals surface area contributed by atoms with Crippen LogP contribution >= 0.6 is 0 Å². The lowest BCUT2D eigenvalue weighted by atomic mass is 10.0. The third-order valence-corrected chi connectivity index (χ3v) is 7.88. The number of carbonyl (C=O) groups is 3. The van der Waals surface area contributed by atoms with Crippen molar-refractivity contribution in [2.75, 3.05) is 30.5 Å². The number of hydrogen-bond donors (Lipinski definition) is 1. The summed E-state index contributed by atoms with van der Waals surface area (Å²) in [6.07, 6.45) is 0.722. The normalized spacial score (nSPS) is 14.0. The number of fused-ring (bicyclic) bond motifs is 1. The van der Waals surface area contributed by atoms with Crippen molar-refractivity contribution in [1.82, 2.24) is 4.90 Å². The van der Waals surface area contributed by atoms with E-state index in [1.165, 1.54) is 14.0 Å². The van der Waals surface area contributed by atoms with E-state index in [9.17, 15) is 22.8 Å². The fourth-order valence-electron chi connectivity index (χ4n) is 4.18. The van der Waals surface area contributed by atoms with Crippen molar-refractivity contribution in [2.45, 2.75) is 46.6 Å². The molecule has 2 aromatic carbocycles. The minimum Gasteiger partial charge on any atom is -0.493 e. The van der Waals surface area contributed by atoms with Gasteiger partial charge in [0.1, 0.15) is 0 Å². The molecule has 3 rings (SSSR count). The minimum atomic E-state index is -3.61. The van der Waals surface area contributed by atoms with E-state index in [4.69, 9.17) is 9.47 Å². The molecule has 9 nitrogen and oxygen atoms in total. The highest BCUT2D eigenvalue weighted by Gasteiger charge is 2.44. The molecule has 0 aliphatic carbocycles. The number of ether oxygens (including phenoxy) is 2. The van der Waals surface area contributed by atoms with Crippen LogP contribution in [-0.4, -0.2) is 56.3 Å². The Morgan fingerprint density at radius 3 is 2.33 bits per heavy atom. The third kappa shape index (κ3) is 5.23. The average molecular weight is 517 g/mol. The first-order chi connectivity index (χ1) is 17.1. The lowest BCUT2D eigenvalue weighted by molar-refractivity contribution is -0.115. The van der Waals surface area contributed by atoms with Gasteiger partial charge in [0, 0.05) is 12.2 Å². The highest BCUT2D eigenvalue weighted by Crippen LogP contribution is 2.39. The number of nitrogens with zero attached hydrogens (tertiary/aromatic N) is 1. The number of carbonyl (C=O) groups excluding carboxylic acids is 3. The van der Waals surface area contributed by atoms with Gasteiger partial charge in [-0.1, -0.05) is 32.9 Å². The van der Waals surface area contributed by atoms with Crippen molar-refractivity contribution < 1.29 is 32.3 Å². The van der Waals surface area contributed by atoms with E-state index in [0.29, 0.717) is 41.3 Å². The molecule has 0 saturated heterocycles. The maximum Gasteiger partial charge on any atom is 0.264 e. The van der Waals surface area contributed by atoms with Crippen LogP contribution in [0.15, 0.2) is 30.3 Å². The second kappa shape index (κ2) is 11.1. The summed E-state index contributed by atoms with van der Waals surface area (Å²) in [7, 11) is -2.13. The molecule has 10 heteroatoms. The van der Waals surface area contributed by atoms with Crippen LogP contribution in [0, 0.1) is 0 Å². The third-order valence-electron chi connectivity index (χ3n) is 6.18. The van der Waals surface area contributed by atoms with Crippen molar-refractivity contribution in [2.24, 2.45) is 0 Å². The number of imide groups is 1. The number of sulfone groups is 1. The van der Waals surface area contributed by atoms with Crippen LogP contribution in [0.2, 0.25) is 0 Å². The second-order valence-corrected chi connectivity index (χ2v) is 10.7. The number of hydrogen-bond acceptors (Lipinski definition) is 7. The lowest BCUT2D eigenvalue weighted by Crippen LogP contribution is -2.38. The molecule has 1 aliphatic heterocycles. The van der Waals surface area contributed by atoms with E-state index in [-0.39, 0.29) is 29.2 Å². The molecule has 0 saturated carbocycles. The molecule has 0 bridgehead atoms. The van der Waals surface area contributed by atoms with Gasteiger partial charge in [0.2, 0.25) is 5.91 Å². The van der Waals surface area contributed by atoms with E-state index < -0.39 is 33.4 Å². The molecule has 1 atom stereocenters. The van der Waals surface area contributed by atoms with Gasteiger partial charge in [0.15, 0.2) is 21.3 Å². The van der Waals surface area contributed by atoms with E-state index in [0.717, 1.165) is 4.90 Å². The minimum absolute atomic E-state index is 0.0820. The number of aryl methyl sites for hydroxylation is 1. The Morgan fingerprint density at radius 2 is 1.75 bits per heavy atom. The number of methoxy groups -OCH3 is 1. The van der Waals surface area contributed by atoms with Gasteiger partial charge in [-0.15, -0.1) is 0 Å². The van der Waals surface area contributed by atoms with Crippen LogP contribution in [-0.2, 0) is 21.1 Å². The molecule has 0 aromatic heterocycles. The highest BCUT2D eigenvalue weighted by molar-refractivity contribution is 7.91. The van der Waals surface area contributed by atoms with Gasteiger partial charge in [-0.05, 0) is 42.7 Å². The van der Waals surface area contributed by atoms with Gasteiger partial charge in [-0.2, -0.15) is 0 Å². The monoisotopic (exact) mass is 516 g/mol. The van der Waals surface area contributed by atoms with E-state index in [1.807, 2.05) is 6.92 Å². The van der Waals surface area contributed by atoms with Crippen LogP contribution in [0.3, 0.4) is 0 Å². The molecule has 0 unspecified atom stereocenters. The number of rotatable bonds is 11. The average Bonchev–Trinajstić information content (AvgIpc) is 3.12. The number of anilines is 1. The number of benzene rings is 2. The van der Waals surface area contributed by atoms with E-state index in [1.54, 1.807) is 44.2 Å². The highest BCUT2D eigenvalue weighted by atomic mass is 32.2. The summed E-state index contributed by atoms with van der Waals surface area (Å²) in [5, 5.41) is 2.77. The van der Waals surface area contributed by atoms with Gasteiger partial charge in [-0.3, -0.25) is 19.3 Å². The first-order valence-corrected chi connectivity index (χ1v) is 13.8. The van der Waals surface area contributed by atoms with Crippen LogP contribution in [0.4, 0.5) is 5.69 Å². The van der Waals surface area contributed by atoms with Gasteiger partial charge in [0.25, 0.3) is 11.8 Å². The molecule has 36 heavy (non-hydrogen) atoms. The molecule has 2 aromatic rings. The maximum atomic E-state index is 13.8. The summed E-state index contributed by atoms with van der Waals surface area (Å²) in [4.78, 5) is 40.6. The predicted octanol–water partition coefficient (Wildman–Crippen LogP) is 3.78. The Kier molecular flexibility index (Phi) is 8.39. The Hall–Kier alpha value is -3.40. The Bertz CT molecular complexity index is 1290. The SMILES string of the molecule is CCOc1cc([C@@H](CS(=O)(=O)CC)N2C(=O)c3ccc(CC)c(NC(=O)CC)c3C2=O)ccc1OC. The molecular weight excluding hydrogens is 484 g/mol. The van der Waals surface area contributed by atoms with Crippen LogP contribution in [0.25, 0.3) is 0 Å². The molecule has 0 radical (unpaired) electrons. The van der Waals surface area contributed by atoms with E-state index >= 15 is 0 Å². The van der Waals surface area contributed by atoms with Gasteiger partial charge in [0.05, 0.1) is 42.3 Å². The van der Waals surface area contributed by atoms with Gasteiger partial charge >= 0.3 is 0 Å². The molecule has 194 valence electrons. The first kappa shape index (κ1) is 27.2. The fraction of sp³-hybridized carbons (Fsp3) is 0.423. The second-order valence-electron chi connectivity index (χ2n) is 8.32. The summed E-state index contributed by atoms with van der Waals surface area (Å²) < 4.78 is 36.5. The standard InChI is InChI=1S/C26H32N2O7S/c1-6-16-10-12-18-23(24(16)27-22(29)7-2)26(31)28(25(18)30)19(15-36(32,33)9-4)17-11-13-20(34-5)21(14-17)35-8-3/h10-14,19H,6-9,15H2,1-5H3,(H,27,29)/t19-/m1/s1. The summed E-state index contributed by atoms with van der Waals surface area (Å²) in [6.45, 7) is 7.22. The molecule has 0 spiro atoms. The molecule has 1 aliphatic rings. The Labute approximate surface area is 211 Å². The van der Waals surface area contributed by atoms with Crippen molar-refractivity contribution in [1.29, 1.82) is 0 Å². The molecule has 0 fully saturated rings. The molecule has 1 N–H and O–H groups in total. The van der Waals surface area contributed by atoms with Crippen LogP contribution < -0.4 is 14.8 Å². The topological polar surface area (TPSA) is 119 Å². The summed E-state index contributed by atoms with van der Waals surface area (Å²) in [6, 6.07) is 6.99. The fourth-order valence-corrected chi connectivity index (χ4v) is 5.24. The van der Waals surface area contributed by atoms with Gasteiger partial charge < -0.3 is 14.8 Å². The lowest BCUT2D eigenvalue weighted by Gasteiger charge is -2.27. The summed E-state index contributed by atoms with van der Waals surface area (Å²) >= 11 is 0. The maximum absolute atomic E-state index is 13.8. The first-order valence-electron chi connectivity index (χ1n) is 12.0. The van der Waals surface area contributed by atoms with Gasteiger partial charge in [-0.25, -0.2) is 8.42 Å². The molecule has 1 heterocycles. The largest absolute Gasteiger partial charge is 0.493 e. The summed E-state index contributed by atoms with van der Waals surface area (Å²) in [5.41, 5.74) is 1.63. The zero-order valence-corrected chi connectivity index (χ0v) is 22.0. The predicted molar refractivity (Wildman–Crippen MR) is 136 cm³/mol. The smallest absolute Gasteiger partial charge is 0.264 e. The van der Waals surface area contributed by atoms with Crippen LogP contribution in [0.1, 0.15) is 72.0 Å². The summed E-state index contributed by atoms with van der Waals surface area (Å²) in [5.74, 6) is -1.35. The van der Waals surface area contributed by atoms with Crippen molar-refractivity contribution in [3.63, 3.8) is 0 Å². The number of amides is 3. The van der Waals surface area contributed by atoms with Crippen molar-refractivity contribution in [3.05, 3.63) is 52.6 Å². The quantitative estimate of drug-likeness (QED) is 0.452. The van der Waals surface area contributed by atoms with Crippen molar-refractivity contribution >= 4 is 33.2 Å².